The van der Waals surface area contributed by atoms with Crippen LogP contribution in [0.3, 0.4) is 0 Å². The van der Waals surface area contributed by atoms with Crippen LogP contribution in [0.4, 0.5) is 5.69 Å². The first-order valence-corrected chi connectivity index (χ1v) is 9.06. The summed E-state index contributed by atoms with van der Waals surface area (Å²) in [5.74, 6) is -0.914. The van der Waals surface area contributed by atoms with Gasteiger partial charge in [-0.3, -0.25) is 4.79 Å². The quantitative estimate of drug-likeness (QED) is 0.479. The Labute approximate surface area is 152 Å². The minimum atomic E-state index is -0.551. The predicted molar refractivity (Wildman–Crippen MR) is 103 cm³/mol. The van der Waals surface area contributed by atoms with E-state index >= 15 is 0 Å². The first kappa shape index (κ1) is 18.8. The van der Waals surface area contributed by atoms with Crippen molar-refractivity contribution in [3.05, 3.63) is 65.2 Å². The van der Waals surface area contributed by atoms with Crippen LogP contribution in [0.25, 0.3) is 6.08 Å². The lowest BCUT2D eigenvalue weighted by Crippen LogP contribution is -2.20. The van der Waals surface area contributed by atoms with E-state index in [1.165, 1.54) is 6.08 Å². The molecule has 0 saturated carbocycles. The van der Waals surface area contributed by atoms with E-state index in [-0.39, 0.29) is 12.5 Å². The summed E-state index contributed by atoms with van der Waals surface area (Å²) < 4.78 is 4.96. The van der Waals surface area contributed by atoms with Crippen molar-refractivity contribution in [2.75, 3.05) is 18.2 Å². The summed E-state index contributed by atoms with van der Waals surface area (Å²) in [6.07, 6.45) is 4.98. The van der Waals surface area contributed by atoms with Crippen LogP contribution in [0.5, 0.6) is 0 Å². The molecule has 0 atom stereocenters. The molecule has 1 amide bonds. The third-order valence-electron chi connectivity index (χ3n) is 3.53. The topological polar surface area (TPSA) is 55.4 Å². The van der Waals surface area contributed by atoms with Crippen molar-refractivity contribution in [2.24, 2.45) is 0 Å². The average molecular weight is 355 g/mol. The Morgan fingerprint density at radius 3 is 2.48 bits per heavy atom. The van der Waals surface area contributed by atoms with Crippen molar-refractivity contribution < 1.29 is 14.3 Å². The number of thioether (sulfide) groups is 1. The molecule has 0 spiro atoms. The van der Waals surface area contributed by atoms with E-state index in [9.17, 15) is 9.59 Å². The summed E-state index contributed by atoms with van der Waals surface area (Å²) in [7, 11) is 0. The van der Waals surface area contributed by atoms with E-state index in [0.717, 1.165) is 27.3 Å². The van der Waals surface area contributed by atoms with Crippen LogP contribution < -0.4 is 5.32 Å². The van der Waals surface area contributed by atoms with Gasteiger partial charge in [0.25, 0.3) is 5.91 Å². The minimum absolute atomic E-state index is 0.318. The maximum absolute atomic E-state index is 11.9. The van der Waals surface area contributed by atoms with Gasteiger partial charge >= 0.3 is 5.97 Å². The van der Waals surface area contributed by atoms with Gasteiger partial charge in [0.05, 0.1) is 0 Å². The lowest BCUT2D eigenvalue weighted by atomic mass is 10.1. The van der Waals surface area contributed by atoms with Gasteiger partial charge < -0.3 is 10.1 Å². The maximum atomic E-state index is 11.9. The van der Waals surface area contributed by atoms with Crippen LogP contribution in [0, 0.1) is 13.8 Å². The number of nitrogens with one attached hydrogen (secondary N) is 1. The van der Waals surface area contributed by atoms with Gasteiger partial charge in [0, 0.05) is 16.7 Å². The van der Waals surface area contributed by atoms with Gasteiger partial charge in [-0.25, -0.2) is 4.79 Å². The molecule has 130 valence electrons. The fourth-order valence-corrected chi connectivity index (χ4v) is 2.61. The highest BCUT2D eigenvalue weighted by Gasteiger charge is 2.07. The van der Waals surface area contributed by atoms with Crippen LogP contribution in [0.2, 0.25) is 0 Å². The number of aryl methyl sites for hydroxylation is 2. The fourth-order valence-electron chi connectivity index (χ4n) is 2.20. The monoisotopic (exact) mass is 355 g/mol. The number of ether oxygens (including phenoxy) is 1. The Balaban J connectivity index is 1.82. The molecule has 2 aromatic rings. The molecule has 0 aliphatic rings. The largest absolute Gasteiger partial charge is 0.452 e. The molecular weight excluding hydrogens is 334 g/mol. The zero-order chi connectivity index (χ0) is 18.2. The van der Waals surface area contributed by atoms with Crippen molar-refractivity contribution in [1.29, 1.82) is 0 Å². The smallest absolute Gasteiger partial charge is 0.331 e. The Bertz CT molecular complexity index is 782. The number of benzene rings is 2. The summed E-state index contributed by atoms with van der Waals surface area (Å²) in [5.41, 5.74) is 3.71. The average Bonchev–Trinajstić information content (AvgIpc) is 2.61. The second-order valence-corrected chi connectivity index (χ2v) is 6.46. The van der Waals surface area contributed by atoms with Crippen molar-refractivity contribution in [1.82, 2.24) is 0 Å². The molecule has 0 fully saturated rings. The molecule has 4 nitrogen and oxygen atoms in total. The molecule has 1 N–H and O–H groups in total. The summed E-state index contributed by atoms with van der Waals surface area (Å²) in [5, 5.41) is 2.74. The number of amides is 1. The molecule has 5 heteroatoms. The van der Waals surface area contributed by atoms with Gasteiger partial charge in [0.2, 0.25) is 0 Å². The second-order valence-electron chi connectivity index (χ2n) is 5.58. The normalized spacial score (nSPS) is 10.7. The highest BCUT2D eigenvalue weighted by Crippen LogP contribution is 2.16. The van der Waals surface area contributed by atoms with Gasteiger partial charge in [0.15, 0.2) is 6.61 Å². The fraction of sp³-hybridized carbons (Fsp3) is 0.200. The summed E-state index contributed by atoms with van der Waals surface area (Å²) in [4.78, 5) is 24.8. The van der Waals surface area contributed by atoms with Crippen LogP contribution >= 0.6 is 11.8 Å². The number of anilines is 1. The van der Waals surface area contributed by atoms with Crippen LogP contribution in [0.15, 0.2) is 53.4 Å². The molecule has 0 heterocycles. The van der Waals surface area contributed by atoms with Crippen molar-refractivity contribution in [3.8, 4) is 0 Å². The van der Waals surface area contributed by atoms with E-state index < -0.39 is 5.97 Å². The van der Waals surface area contributed by atoms with Crippen LogP contribution in [-0.4, -0.2) is 24.7 Å². The number of carbonyl (C=O) groups excluding carboxylic acids is 2. The van der Waals surface area contributed by atoms with Crippen molar-refractivity contribution in [2.45, 2.75) is 18.7 Å². The van der Waals surface area contributed by atoms with Gasteiger partial charge in [0.1, 0.15) is 0 Å². The third-order valence-corrected chi connectivity index (χ3v) is 4.27. The Kier molecular flexibility index (Phi) is 6.83. The second kappa shape index (κ2) is 9.08. The van der Waals surface area contributed by atoms with E-state index in [2.05, 4.69) is 5.32 Å². The van der Waals surface area contributed by atoms with Gasteiger partial charge in [-0.2, -0.15) is 0 Å². The van der Waals surface area contributed by atoms with Crippen LogP contribution in [-0.2, 0) is 14.3 Å². The SMILES string of the molecule is CSc1ccc(/C=C/C(=O)OCC(=O)Nc2ccc(C)cc2C)cc1. The summed E-state index contributed by atoms with van der Waals surface area (Å²) in [6, 6.07) is 13.5. The van der Waals surface area contributed by atoms with Gasteiger partial charge in [-0.15, -0.1) is 11.8 Å². The third kappa shape index (κ3) is 6.12. The molecule has 2 rings (SSSR count). The molecule has 25 heavy (non-hydrogen) atoms. The molecule has 2 aromatic carbocycles. The zero-order valence-electron chi connectivity index (χ0n) is 14.5. The van der Waals surface area contributed by atoms with E-state index in [0.29, 0.717) is 0 Å². The van der Waals surface area contributed by atoms with E-state index in [1.807, 2.05) is 62.6 Å². The summed E-state index contributed by atoms with van der Waals surface area (Å²) >= 11 is 1.66. The molecule has 0 aliphatic carbocycles. The molecule has 0 unspecified atom stereocenters. The highest BCUT2D eigenvalue weighted by atomic mass is 32.2. The van der Waals surface area contributed by atoms with Gasteiger partial charge in [-0.05, 0) is 55.5 Å². The first-order valence-electron chi connectivity index (χ1n) is 7.84. The number of esters is 1. The summed E-state index contributed by atoms with van der Waals surface area (Å²) in [6.45, 7) is 3.59. The highest BCUT2D eigenvalue weighted by molar-refractivity contribution is 7.98. The number of hydrogen-bond acceptors (Lipinski definition) is 4. The number of hydrogen-bond donors (Lipinski definition) is 1. The molecule has 0 saturated heterocycles. The number of rotatable bonds is 6. The molecule has 0 aliphatic heterocycles. The molecule has 0 aromatic heterocycles. The Hall–Kier alpha value is -2.53. The zero-order valence-corrected chi connectivity index (χ0v) is 15.4. The maximum Gasteiger partial charge on any atom is 0.331 e. The molecule has 0 bridgehead atoms. The van der Waals surface area contributed by atoms with Crippen molar-refractivity contribution in [3.63, 3.8) is 0 Å². The first-order chi connectivity index (χ1) is 12.0. The Morgan fingerprint density at radius 1 is 1.12 bits per heavy atom. The standard InChI is InChI=1S/C20H21NO3S/c1-14-4-10-18(15(2)12-14)21-19(22)13-24-20(23)11-7-16-5-8-17(25-3)9-6-16/h4-12H,13H2,1-3H3,(H,21,22)/b11-7+. The Morgan fingerprint density at radius 2 is 1.84 bits per heavy atom. The molecule has 0 radical (unpaired) electrons. The van der Waals surface area contributed by atoms with Crippen molar-refractivity contribution >= 4 is 35.4 Å². The van der Waals surface area contributed by atoms with E-state index in [1.54, 1.807) is 17.8 Å². The molecular formula is C20H21NO3S. The predicted octanol–water partition coefficient (Wildman–Crippen LogP) is 4.22. The van der Waals surface area contributed by atoms with Crippen LogP contribution in [0.1, 0.15) is 16.7 Å². The van der Waals surface area contributed by atoms with Gasteiger partial charge in [-0.1, -0.05) is 29.8 Å². The minimum Gasteiger partial charge on any atom is -0.452 e. The lowest BCUT2D eigenvalue weighted by molar-refractivity contribution is -0.142. The van der Waals surface area contributed by atoms with E-state index in [4.69, 9.17) is 4.74 Å². The lowest BCUT2D eigenvalue weighted by Gasteiger charge is -2.09. The number of carbonyl (C=O) groups is 2.